The molecule has 0 fully saturated rings. The standard InChI is InChI=1S/C27H29N2O2S3/c1-6-17(13-24-28(7-2)20-15-18(30-4)9-10-22(20)33-24)14-25-29(8-3)26-23(34-25)16-21(31-5)19-11-12-32-27(19)26/h9-16H,6-8H2,1-5H3/q+1. The van der Waals surface area contributed by atoms with Gasteiger partial charge in [0.15, 0.2) is 0 Å². The summed E-state index contributed by atoms with van der Waals surface area (Å²) in [5.41, 5.74) is 3.87. The SMILES string of the molecule is CCC(=Cc1sc2cc(OC)c3ccsc3c2[n+]1CC)C=C1Sc2ccc(OC)cc2N1CC. The number of aryl methyl sites for hydroxylation is 1. The number of thioether (sulfide) groups is 1. The Labute approximate surface area is 213 Å². The molecule has 0 saturated heterocycles. The van der Waals surface area contributed by atoms with E-state index in [0.717, 1.165) is 31.0 Å². The number of fused-ring (bicyclic) bond motifs is 4. The Hall–Kier alpha value is -2.48. The number of rotatable bonds is 7. The van der Waals surface area contributed by atoms with Gasteiger partial charge in [0.2, 0.25) is 5.52 Å². The van der Waals surface area contributed by atoms with Crippen molar-refractivity contribution < 1.29 is 14.0 Å². The van der Waals surface area contributed by atoms with E-state index >= 15 is 0 Å². The van der Waals surface area contributed by atoms with E-state index < -0.39 is 0 Å². The summed E-state index contributed by atoms with van der Waals surface area (Å²) in [6.07, 6.45) is 5.69. The Morgan fingerprint density at radius 3 is 2.65 bits per heavy atom. The fourth-order valence-electron chi connectivity index (χ4n) is 4.47. The molecular formula is C27H29N2O2S3+. The molecule has 1 aliphatic heterocycles. The lowest BCUT2D eigenvalue weighted by Gasteiger charge is -2.18. The summed E-state index contributed by atoms with van der Waals surface area (Å²) in [6, 6.07) is 10.7. The Kier molecular flexibility index (Phi) is 6.60. The molecule has 2 aromatic carbocycles. The number of hydrogen-bond acceptors (Lipinski definition) is 6. The average molecular weight is 510 g/mol. The first-order valence-corrected chi connectivity index (χ1v) is 14.1. The molecule has 0 amide bonds. The third-order valence-electron chi connectivity index (χ3n) is 6.21. The molecule has 4 aromatic rings. The molecule has 2 aromatic heterocycles. The number of thiazole rings is 1. The van der Waals surface area contributed by atoms with Crippen LogP contribution < -0.4 is 18.9 Å². The second-order valence-electron chi connectivity index (χ2n) is 8.01. The summed E-state index contributed by atoms with van der Waals surface area (Å²) in [4.78, 5) is 3.66. The molecular weight excluding hydrogens is 481 g/mol. The average Bonchev–Trinajstić information content (AvgIpc) is 3.56. The summed E-state index contributed by atoms with van der Waals surface area (Å²) in [5, 5.41) is 5.90. The van der Waals surface area contributed by atoms with Crippen molar-refractivity contribution in [2.45, 2.75) is 38.6 Å². The van der Waals surface area contributed by atoms with E-state index in [-0.39, 0.29) is 0 Å². The Balaban J connectivity index is 1.59. The van der Waals surface area contributed by atoms with Crippen LogP contribution in [0.1, 0.15) is 32.2 Å². The zero-order chi connectivity index (χ0) is 23.8. The van der Waals surface area contributed by atoms with Crippen molar-refractivity contribution in [1.29, 1.82) is 0 Å². The van der Waals surface area contributed by atoms with Crippen LogP contribution in [0.2, 0.25) is 0 Å². The van der Waals surface area contributed by atoms with E-state index in [1.54, 1.807) is 25.6 Å². The number of hydrogen-bond donors (Lipinski definition) is 0. The van der Waals surface area contributed by atoms with Crippen LogP contribution in [-0.2, 0) is 6.54 Å². The smallest absolute Gasteiger partial charge is 0.263 e. The summed E-state index contributed by atoms with van der Waals surface area (Å²) in [6.45, 7) is 8.52. The van der Waals surface area contributed by atoms with Crippen LogP contribution in [0.3, 0.4) is 0 Å². The molecule has 0 saturated carbocycles. The molecule has 0 bridgehead atoms. The predicted octanol–water partition coefficient (Wildman–Crippen LogP) is 7.71. The Morgan fingerprint density at radius 1 is 1.09 bits per heavy atom. The molecule has 0 radical (unpaired) electrons. The maximum absolute atomic E-state index is 5.70. The van der Waals surface area contributed by atoms with Crippen molar-refractivity contribution >= 4 is 66.5 Å². The highest BCUT2D eigenvalue weighted by molar-refractivity contribution is 8.03. The minimum absolute atomic E-state index is 0.898. The van der Waals surface area contributed by atoms with Gasteiger partial charge in [-0.05, 0) is 55.5 Å². The first-order chi connectivity index (χ1) is 16.6. The van der Waals surface area contributed by atoms with Crippen molar-refractivity contribution in [3.05, 3.63) is 57.4 Å². The fraction of sp³-hybridized carbons (Fsp3) is 0.296. The van der Waals surface area contributed by atoms with Crippen molar-refractivity contribution in [2.24, 2.45) is 0 Å². The lowest BCUT2D eigenvalue weighted by atomic mass is 10.2. The van der Waals surface area contributed by atoms with Crippen LogP contribution in [0.4, 0.5) is 5.69 Å². The van der Waals surface area contributed by atoms with Gasteiger partial charge in [0, 0.05) is 35.0 Å². The van der Waals surface area contributed by atoms with Gasteiger partial charge in [-0.2, -0.15) is 4.57 Å². The van der Waals surface area contributed by atoms with E-state index in [4.69, 9.17) is 9.47 Å². The summed E-state index contributed by atoms with van der Waals surface area (Å²) < 4.78 is 16.2. The summed E-state index contributed by atoms with van der Waals surface area (Å²) >= 11 is 5.47. The van der Waals surface area contributed by atoms with E-state index in [2.05, 4.69) is 72.0 Å². The van der Waals surface area contributed by atoms with Gasteiger partial charge in [0.1, 0.15) is 27.4 Å². The monoisotopic (exact) mass is 509 g/mol. The molecule has 0 unspecified atom stereocenters. The van der Waals surface area contributed by atoms with Crippen LogP contribution >= 0.6 is 34.4 Å². The van der Waals surface area contributed by atoms with Crippen LogP contribution in [0.5, 0.6) is 11.5 Å². The predicted molar refractivity (Wildman–Crippen MR) is 148 cm³/mol. The Morgan fingerprint density at radius 2 is 1.94 bits per heavy atom. The van der Waals surface area contributed by atoms with Crippen molar-refractivity contribution in [2.75, 3.05) is 25.7 Å². The number of ether oxygens (including phenoxy) is 2. The van der Waals surface area contributed by atoms with E-state index in [1.165, 1.54) is 46.5 Å². The first-order valence-electron chi connectivity index (χ1n) is 11.6. The topological polar surface area (TPSA) is 25.6 Å². The van der Waals surface area contributed by atoms with Gasteiger partial charge in [-0.25, -0.2) is 0 Å². The third-order valence-corrected chi connectivity index (χ3v) is 9.32. The van der Waals surface area contributed by atoms with Gasteiger partial charge in [0.05, 0.1) is 24.9 Å². The second-order valence-corrected chi connectivity index (χ2v) is 11.0. The zero-order valence-electron chi connectivity index (χ0n) is 20.2. The van der Waals surface area contributed by atoms with Crippen LogP contribution in [-0.4, -0.2) is 20.8 Å². The van der Waals surface area contributed by atoms with E-state index in [1.807, 2.05) is 29.2 Å². The zero-order valence-corrected chi connectivity index (χ0v) is 22.6. The van der Waals surface area contributed by atoms with E-state index in [0.29, 0.717) is 0 Å². The highest BCUT2D eigenvalue weighted by Gasteiger charge is 2.26. The third kappa shape index (κ3) is 3.89. The minimum atomic E-state index is 0.898. The number of benzene rings is 2. The largest absolute Gasteiger partial charge is 0.497 e. The van der Waals surface area contributed by atoms with E-state index in [9.17, 15) is 0 Å². The molecule has 0 N–H and O–H groups in total. The fourth-order valence-corrected chi connectivity index (χ4v) is 7.93. The number of nitrogens with zero attached hydrogens (tertiary/aromatic N) is 2. The summed E-state index contributed by atoms with van der Waals surface area (Å²) in [7, 11) is 3.48. The first kappa shape index (κ1) is 23.3. The lowest BCUT2D eigenvalue weighted by molar-refractivity contribution is -0.664. The molecule has 4 nitrogen and oxygen atoms in total. The number of aromatic nitrogens is 1. The molecule has 176 valence electrons. The van der Waals surface area contributed by atoms with Crippen molar-refractivity contribution in [3.63, 3.8) is 0 Å². The molecule has 7 heteroatoms. The highest BCUT2D eigenvalue weighted by Crippen LogP contribution is 2.47. The van der Waals surface area contributed by atoms with Crippen molar-refractivity contribution in [1.82, 2.24) is 0 Å². The molecule has 1 aliphatic rings. The number of methoxy groups -OCH3 is 2. The van der Waals surface area contributed by atoms with Gasteiger partial charge >= 0.3 is 0 Å². The number of anilines is 1. The normalized spacial score (nSPS) is 15.0. The molecule has 3 heterocycles. The highest BCUT2D eigenvalue weighted by atomic mass is 32.2. The van der Waals surface area contributed by atoms with Crippen molar-refractivity contribution in [3.8, 4) is 11.5 Å². The van der Waals surface area contributed by atoms with Gasteiger partial charge in [-0.1, -0.05) is 30.0 Å². The molecule has 34 heavy (non-hydrogen) atoms. The second kappa shape index (κ2) is 9.64. The number of allylic oxidation sites excluding steroid dienone is 2. The van der Waals surface area contributed by atoms with Gasteiger partial charge < -0.3 is 14.4 Å². The molecule has 0 spiro atoms. The minimum Gasteiger partial charge on any atom is -0.497 e. The maximum Gasteiger partial charge on any atom is 0.263 e. The maximum atomic E-state index is 5.70. The molecule has 0 aliphatic carbocycles. The van der Waals surface area contributed by atoms with Gasteiger partial charge in [-0.15, -0.1) is 11.3 Å². The summed E-state index contributed by atoms with van der Waals surface area (Å²) in [5.74, 6) is 1.85. The quantitative estimate of drug-likeness (QED) is 0.238. The Bertz CT molecular complexity index is 1430. The number of thiophene rings is 1. The van der Waals surface area contributed by atoms with Crippen LogP contribution in [0.25, 0.3) is 26.4 Å². The molecule has 0 atom stereocenters. The van der Waals surface area contributed by atoms with Crippen LogP contribution in [0.15, 0.2) is 57.3 Å². The van der Waals surface area contributed by atoms with Crippen LogP contribution in [0, 0.1) is 0 Å². The lowest BCUT2D eigenvalue weighted by Crippen LogP contribution is -2.33. The van der Waals surface area contributed by atoms with Gasteiger partial charge in [0.25, 0.3) is 5.01 Å². The van der Waals surface area contributed by atoms with Gasteiger partial charge in [-0.3, -0.25) is 0 Å². The molecule has 5 rings (SSSR count).